The van der Waals surface area contributed by atoms with Crippen molar-refractivity contribution in [1.82, 2.24) is 9.88 Å². The molecule has 0 radical (unpaired) electrons. The number of nitro groups is 1. The van der Waals surface area contributed by atoms with E-state index in [9.17, 15) is 19.7 Å². The van der Waals surface area contributed by atoms with Crippen molar-refractivity contribution in [2.75, 3.05) is 31.6 Å². The van der Waals surface area contributed by atoms with Crippen LogP contribution in [0.2, 0.25) is 0 Å². The summed E-state index contributed by atoms with van der Waals surface area (Å²) in [5, 5.41) is 13.8. The predicted molar refractivity (Wildman–Crippen MR) is 90.4 cm³/mol. The monoisotopic (exact) mass is 350 g/mol. The van der Waals surface area contributed by atoms with E-state index in [-0.39, 0.29) is 42.5 Å². The zero-order valence-corrected chi connectivity index (χ0v) is 14.2. The second kappa shape index (κ2) is 8.95. The number of hydrogen-bond acceptors (Lipinski definition) is 7. The Bertz CT molecular complexity index is 643. The van der Waals surface area contributed by atoms with Crippen molar-refractivity contribution in [2.24, 2.45) is 0 Å². The van der Waals surface area contributed by atoms with Gasteiger partial charge in [0.2, 0.25) is 5.91 Å². The van der Waals surface area contributed by atoms with Crippen molar-refractivity contribution in [1.29, 1.82) is 0 Å². The highest BCUT2D eigenvalue weighted by Crippen LogP contribution is 2.20. The van der Waals surface area contributed by atoms with E-state index in [0.717, 1.165) is 44.6 Å². The van der Waals surface area contributed by atoms with Gasteiger partial charge in [-0.15, -0.1) is 0 Å². The van der Waals surface area contributed by atoms with Crippen LogP contribution in [0.4, 0.5) is 11.5 Å². The zero-order valence-electron chi connectivity index (χ0n) is 14.2. The molecule has 1 aliphatic rings. The topological polar surface area (TPSA) is 115 Å². The number of anilines is 1. The van der Waals surface area contributed by atoms with Crippen LogP contribution in [0.5, 0.6) is 0 Å². The average Bonchev–Trinajstić information content (AvgIpc) is 2.62. The minimum atomic E-state index is -0.691. The normalized spacial score (nSPS) is 14.0. The summed E-state index contributed by atoms with van der Waals surface area (Å²) in [6, 6.07) is 1.12. The molecule has 25 heavy (non-hydrogen) atoms. The molecule has 1 amide bonds. The van der Waals surface area contributed by atoms with Crippen LogP contribution in [0, 0.1) is 10.1 Å². The van der Waals surface area contributed by atoms with Gasteiger partial charge in [0.15, 0.2) is 0 Å². The molecule has 9 heteroatoms. The molecule has 1 aliphatic heterocycles. The van der Waals surface area contributed by atoms with Crippen LogP contribution in [0.1, 0.15) is 43.0 Å². The van der Waals surface area contributed by atoms with Gasteiger partial charge in [0.25, 0.3) is 5.69 Å². The summed E-state index contributed by atoms with van der Waals surface area (Å²) >= 11 is 0. The summed E-state index contributed by atoms with van der Waals surface area (Å²) in [4.78, 5) is 40.1. The SMILES string of the molecule is CCOC(=O)c1cc([N+](=O)[O-])cnc1NCCC(=O)N1CCCCC1. The lowest BCUT2D eigenvalue weighted by atomic mass is 10.1. The number of amides is 1. The Morgan fingerprint density at radius 1 is 1.36 bits per heavy atom. The Morgan fingerprint density at radius 2 is 2.08 bits per heavy atom. The molecule has 0 aromatic carbocycles. The third-order valence-electron chi connectivity index (χ3n) is 3.92. The first-order chi connectivity index (χ1) is 12.0. The summed E-state index contributed by atoms with van der Waals surface area (Å²) in [6.07, 6.45) is 4.53. The lowest BCUT2D eigenvalue weighted by Crippen LogP contribution is -2.36. The number of likely N-dealkylation sites (tertiary alicyclic amines) is 1. The fraction of sp³-hybridized carbons (Fsp3) is 0.562. The number of hydrogen-bond donors (Lipinski definition) is 1. The number of pyridine rings is 1. The zero-order chi connectivity index (χ0) is 18.2. The lowest BCUT2D eigenvalue weighted by Gasteiger charge is -2.26. The number of carbonyl (C=O) groups excluding carboxylic acids is 2. The summed E-state index contributed by atoms with van der Waals surface area (Å²) in [7, 11) is 0. The number of nitrogens with one attached hydrogen (secondary N) is 1. The molecule has 1 saturated heterocycles. The molecule has 0 unspecified atom stereocenters. The van der Waals surface area contributed by atoms with Crippen molar-refractivity contribution >= 4 is 23.4 Å². The van der Waals surface area contributed by atoms with Crippen LogP contribution >= 0.6 is 0 Å². The Balaban J connectivity index is 2.01. The summed E-state index contributed by atoms with van der Waals surface area (Å²) in [6.45, 7) is 3.64. The number of aromatic nitrogens is 1. The second-order valence-electron chi connectivity index (χ2n) is 5.69. The van der Waals surface area contributed by atoms with Gasteiger partial charge < -0.3 is 15.0 Å². The summed E-state index contributed by atoms with van der Waals surface area (Å²) in [5.74, 6) is -0.467. The van der Waals surface area contributed by atoms with E-state index >= 15 is 0 Å². The van der Waals surface area contributed by atoms with Crippen LogP contribution in [-0.4, -0.2) is 52.9 Å². The molecule has 2 heterocycles. The van der Waals surface area contributed by atoms with Crippen molar-refractivity contribution in [3.63, 3.8) is 0 Å². The van der Waals surface area contributed by atoms with Crippen LogP contribution < -0.4 is 5.32 Å². The molecule has 0 saturated carbocycles. The van der Waals surface area contributed by atoms with E-state index in [1.807, 2.05) is 4.90 Å². The highest BCUT2D eigenvalue weighted by Gasteiger charge is 2.20. The first kappa shape index (κ1) is 18.6. The van der Waals surface area contributed by atoms with Gasteiger partial charge in [0, 0.05) is 32.1 Å². The molecule has 136 valence electrons. The quantitative estimate of drug-likeness (QED) is 0.454. The minimum absolute atomic E-state index is 0.0125. The largest absolute Gasteiger partial charge is 0.462 e. The van der Waals surface area contributed by atoms with E-state index in [0.29, 0.717) is 0 Å². The van der Waals surface area contributed by atoms with E-state index in [4.69, 9.17) is 4.74 Å². The molecule has 1 fully saturated rings. The Morgan fingerprint density at radius 3 is 2.72 bits per heavy atom. The van der Waals surface area contributed by atoms with Gasteiger partial charge in [0.1, 0.15) is 17.6 Å². The van der Waals surface area contributed by atoms with Crippen LogP contribution in [0.3, 0.4) is 0 Å². The van der Waals surface area contributed by atoms with Gasteiger partial charge >= 0.3 is 5.97 Å². The third-order valence-corrected chi connectivity index (χ3v) is 3.92. The van der Waals surface area contributed by atoms with Gasteiger partial charge in [-0.05, 0) is 26.2 Å². The van der Waals surface area contributed by atoms with Gasteiger partial charge in [-0.2, -0.15) is 0 Å². The number of piperidine rings is 1. The van der Waals surface area contributed by atoms with E-state index in [2.05, 4.69) is 10.3 Å². The molecule has 1 aromatic heterocycles. The van der Waals surface area contributed by atoms with Crippen molar-refractivity contribution in [3.8, 4) is 0 Å². The van der Waals surface area contributed by atoms with Crippen LogP contribution in [-0.2, 0) is 9.53 Å². The van der Waals surface area contributed by atoms with Crippen molar-refractivity contribution in [3.05, 3.63) is 27.9 Å². The summed E-state index contributed by atoms with van der Waals surface area (Å²) in [5.41, 5.74) is -0.306. The van der Waals surface area contributed by atoms with Gasteiger partial charge in [-0.3, -0.25) is 14.9 Å². The molecule has 9 nitrogen and oxygen atoms in total. The molecule has 0 atom stereocenters. The smallest absolute Gasteiger partial charge is 0.342 e. The van der Waals surface area contributed by atoms with E-state index < -0.39 is 10.9 Å². The highest BCUT2D eigenvalue weighted by molar-refractivity contribution is 5.95. The molecule has 2 rings (SSSR count). The number of ether oxygens (including phenoxy) is 1. The Kier molecular flexibility index (Phi) is 6.67. The number of carbonyl (C=O) groups is 2. The fourth-order valence-corrected chi connectivity index (χ4v) is 2.65. The van der Waals surface area contributed by atoms with Gasteiger partial charge in [-0.1, -0.05) is 0 Å². The van der Waals surface area contributed by atoms with Gasteiger partial charge in [0.05, 0.1) is 11.5 Å². The van der Waals surface area contributed by atoms with Gasteiger partial charge in [-0.25, -0.2) is 9.78 Å². The molecule has 1 N–H and O–H groups in total. The predicted octanol–water partition coefficient (Wildman–Crippen LogP) is 1.98. The van der Waals surface area contributed by atoms with E-state index in [1.54, 1.807) is 6.92 Å². The Hall–Kier alpha value is -2.71. The highest BCUT2D eigenvalue weighted by atomic mass is 16.6. The van der Waals surface area contributed by atoms with Crippen LogP contribution in [0.15, 0.2) is 12.3 Å². The molecular formula is C16H22N4O5. The first-order valence-corrected chi connectivity index (χ1v) is 8.36. The second-order valence-corrected chi connectivity index (χ2v) is 5.69. The van der Waals surface area contributed by atoms with E-state index in [1.165, 1.54) is 0 Å². The number of rotatable bonds is 7. The Labute approximate surface area is 145 Å². The number of nitrogens with zero attached hydrogens (tertiary/aromatic N) is 3. The molecule has 0 spiro atoms. The molecule has 0 aliphatic carbocycles. The standard InChI is InChI=1S/C16H22N4O5/c1-2-25-16(22)13-10-12(20(23)24)11-18-15(13)17-7-6-14(21)19-8-4-3-5-9-19/h10-11H,2-9H2,1H3,(H,17,18). The molecule has 0 bridgehead atoms. The molecular weight excluding hydrogens is 328 g/mol. The minimum Gasteiger partial charge on any atom is -0.462 e. The third kappa shape index (κ3) is 5.13. The first-order valence-electron chi connectivity index (χ1n) is 8.36. The fourth-order valence-electron chi connectivity index (χ4n) is 2.65. The maximum atomic E-state index is 12.1. The summed E-state index contributed by atoms with van der Waals surface area (Å²) < 4.78 is 4.91. The molecule has 1 aromatic rings. The maximum absolute atomic E-state index is 12.1. The average molecular weight is 350 g/mol. The van der Waals surface area contributed by atoms with Crippen molar-refractivity contribution < 1.29 is 19.2 Å². The maximum Gasteiger partial charge on any atom is 0.342 e. The van der Waals surface area contributed by atoms with Crippen molar-refractivity contribution in [2.45, 2.75) is 32.6 Å². The lowest BCUT2D eigenvalue weighted by molar-refractivity contribution is -0.385. The van der Waals surface area contributed by atoms with Crippen LogP contribution in [0.25, 0.3) is 0 Å². The number of esters is 1.